The lowest BCUT2D eigenvalue weighted by atomic mass is 9.49. The van der Waals surface area contributed by atoms with Gasteiger partial charge >= 0.3 is 0 Å². The Kier molecular flexibility index (Phi) is 4.05. The Balaban J connectivity index is 1.48. The largest absolute Gasteiger partial charge is 0.351 e. The van der Waals surface area contributed by atoms with Crippen LogP contribution in [-0.4, -0.2) is 24.9 Å². The van der Waals surface area contributed by atoms with E-state index in [0.29, 0.717) is 13.0 Å². The normalized spacial score (nSPS) is 36.3. The molecule has 0 saturated heterocycles. The molecule has 0 radical (unpaired) electrons. The second-order valence-corrected chi connectivity index (χ2v) is 7.46. The van der Waals surface area contributed by atoms with E-state index in [1.165, 1.54) is 38.5 Å². The van der Waals surface area contributed by atoms with Crippen LogP contribution in [0.2, 0.25) is 0 Å². The van der Waals surface area contributed by atoms with E-state index in [1.807, 2.05) is 0 Å². The first kappa shape index (κ1) is 14.6. The molecule has 4 aliphatic rings. The van der Waals surface area contributed by atoms with Crippen molar-refractivity contribution in [3.8, 4) is 0 Å². The van der Waals surface area contributed by atoms with E-state index in [1.54, 1.807) is 6.08 Å². The van der Waals surface area contributed by atoms with Gasteiger partial charge < -0.3 is 10.6 Å². The lowest BCUT2D eigenvalue weighted by molar-refractivity contribution is -0.131. The molecule has 0 aromatic heterocycles. The fourth-order valence-corrected chi connectivity index (χ4v) is 5.34. The maximum atomic E-state index is 12.2. The Labute approximate surface area is 126 Å². The highest BCUT2D eigenvalue weighted by molar-refractivity contribution is 5.85. The number of carbonyl (C=O) groups is 2. The lowest BCUT2D eigenvalue weighted by Gasteiger charge is -2.56. The molecule has 116 valence electrons. The molecule has 4 bridgehead atoms. The third-order valence-corrected chi connectivity index (χ3v) is 5.59. The van der Waals surface area contributed by atoms with Crippen LogP contribution in [0.25, 0.3) is 0 Å². The molecule has 0 heterocycles. The summed E-state index contributed by atoms with van der Waals surface area (Å²) in [6, 6.07) is 0. The highest BCUT2D eigenvalue weighted by atomic mass is 16.2. The zero-order valence-electron chi connectivity index (χ0n) is 12.7. The first-order valence-corrected chi connectivity index (χ1v) is 8.23. The third-order valence-electron chi connectivity index (χ3n) is 5.59. The standard InChI is InChI=1S/C17H26N2O2/c1-2-3-18-16(21)11-19-15(20)10-17-7-12-4-13(8-17)6-14(5-12)9-17/h2,12-14H,1,3-11H2,(H,18,21)(H,19,20). The summed E-state index contributed by atoms with van der Waals surface area (Å²) in [7, 11) is 0. The summed E-state index contributed by atoms with van der Waals surface area (Å²) >= 11 is 0. The molecule has 0 aliphatic heterocycles. The van der Waals surface area contributed by atoms with Crippen LogP contribution in [0.15, 0.2) is 12.7 Å². The van der Waals surface area contributed by atoms with Crippen LogP contribution in [0.1, 0.15) is 44.9 Å². The zero-order chi connectivity index (χ0) is 14.9. The third kappa shape index (κ3) is 3.30. The number of hydrogen-bond donors (Lipinski definition) is 2. The first-order chi connectivity index (χ1) is 10.1. The van der Waals surface area contributed by atoms with Crippen molar-refractivity contribution in [1.29, 1.82) is 0 Å². The van der Waals surface area contributed by atoms with Crippen molar-refractivity contribution in [1.82, 2.24) is 10.6 Å². The van der Waals surface area contributed by atoms with Crippen LogP contribution < -0.4 is 10.6 Å². The molecular weight excluding hydrogens is 264 g/mol. The summed E-state index contributed by atoms with van der Waals surface area (Å²) in [5.74, 6) is 2.49. The van der Waals surface area contributed by atoms with Gasteiger partial charge in [0.25, 0.3) is 0 Å². The predicted molar refractivity (Wildman–Crippen MR) is 81.4 cm³/mol. The summed E-state index contributed by atoms with van der Waals surface area (Å²) in [6.45, 7) is 4.08. The SMILES string of the molecule is C=CCNC(=O)CNC(=O)CC12CC3CC(CC(C3)C1)C2. The van der Waals surface area contributed by atoms with Gasteiger partial charge in [0.05, 0.1) is 6.54 Å². The molecule has 0 spiro atoms. The fourth-order valence-electron chi connectivity index (χ4n) is 5.34. The van der Waals surface area contributed by atoms with Crippen molar-refractivity contribution in [2.45, 2.75) is 44.9 Å². The second-order valence-electron chi connectivity index (χ2n) is 7.46. The van der Waals surface area contributed by atoms with Gasteiger partial charge in [0.2, 0.25) is 11.8 Å². The molecule has 2 amide bonds. The number of rotatable bonds is 6. The van der Waals surface area contributed by atoms with Crippen molar-refractivity contribution in [3.05, 3.63) is 12.7 Å². The van der Waals surface area contributed by atoms with E-state index in [4.69, 9.17) is 0 Å². The van der Waals surface area contributed by atoms with Gasteiger partial charge in [0, 0.05) is 13.0 Å². The van der Waals surface area contributed by atoms with E-state index in [0.717, 1.165) is 17.8 Å². The van der Waals surface area contributed by atoms with Crippen molar-refractivity contribution < 1.29 is 9.59 Å². The van der Waals surface area contributed by atoms with E-state index in [-0.39, 0.29) is 23.8 Å². The lowest BCUT2D eigenvalue weighted by Crippen LogP contribution is -2.48. The molecule has 21 heavy (non-hydrogen) atoms. The number of nitrogens with one attached hydrogen (secondary N) is 2. The van der Waals surface area contributed by atoms with Crippen LogP contribution >= 0.6 is 0 Å². The Morgan fingerprint density at radius 3 is 2.10 bits per heavy atom. The number of carbonyl (C=O) groups excluding carboxylic acids is 2. The number of hydrogen-bond acceptors (Lipinski definition) is 2. The van der Waals surface area contributed by atoms with E-state index < -0.39 is 0 Å². The highest BCUT2D eigenvalue weighted by Gasteiger charge is 2.51. The van der Waals surface area contributed by atoms with Gasteiger partial charge in [0.15, 0.2) is 0 Å². The molecule has 0 atom stereocenters. The average molecular weight is 290 g/mol. The summed E-state index contributed by atoms with van der Waals surface area (Å²) < 4.78 is 0. The van der Waals surface area contributed by atoms with Crippen molar-refractivity contribution >= 4 is 11.8 Å². The molecule has 2 N–H and O–H groups in total. The second kappa shape index (κ2) is 5.82. The predicted octanol–water partition coefficient (Wildman–Crippen LogP) is 2.01. The van der Waals surface area contributed by atoms with Crippen LogP contribution in [0.4, 0.5) is 0 Å². The van der Waals surface area contributed by atoms with Crippen LogP contribution in [-0.2, 0) is 9.59 Å². The fraction of sp³-hybridized carbons (Fsp3) is 0.765. The summed E-state index contributed by atoms with van der Waals surface area (Å²) in [5, 5.41) is 5.46. The molecule has 4 aliphatic carbocycles. The molecule has 0 aromatic carbocycles. The highest BCUT2D eigenvalue weighted by Crippen LogP contribution is 2.61. The quantitative estimate of drug-likeness (QED) is 0.735. The van der Waals surface area contributed by atoms with Gasteiger partial charge in [-0.05, 0) is 61.7 Å². The van der Waals surface area contributed by atoms with Crippen molar-refractivity contribution in [2.24, 2.45) is 23.2 Å². The molecule has 4 nitrogen and oxygen atoms in total. The van der Waals surface area contributed by atoms with Gasteiger partial charge in [0.1, 0.15) is 0 Å². The van der Waals surface area contributed by atoms with Gasteiger partial charge in [-0.3, -0.25) is 9.59 Å². The molecule has 4 heteroatoms. The van der Waals surface area contributed by atoms with E-state index in [9.17, 15) is 9.59 Å². The maximum absolute atomic E-state index is 12.2. The molecule has 4 rings (SSSR count). The maximum Gasteiger partial charge on any atom is 0.239 e. The van der Waals surface area contributed by atoms with E-state index >= 15 is 0 Å². The van der Waals surface area contributed by atoms with Crippen LogP contribution in [0.3, 0.4) is 0 Å². The zero-order valence-corrected chi connectivity index (χ0v) is 12.7. The molecule has 4 fully saturated rings. The summed E-state index contributed by atoms with van der Waals surface area (Å²) in [4.78, 5) is 23.7. The molecule has 0 aromatic rings. The van der Waals surface area contributed by atoms with Crippen LogP contribution in [0.5, 0.6) is 0 Å². The minimum absolute atomic E-state index is 0.0469. The van der Waals surface area contributed by atoms with E-state index in [2.05, 4.69) is 17.2 Å². The molecule has 0 unspecified atom stereocenters. The van der Waals surface area contributed by atoms with Crippen molar-refractivity contribution in [3.63, 3.8) is 0 Å². The van der Waals surface area contributed by atoms with Gasteiger partial charge in [-0.2, -0.15) is 0 Å². The van der Waals surface area contributed by atoms with Gasteiger partial charge in [-0.1, -0.05) is 6.08 Å². The molecule has 4 saturated carbocycles. The van der Waals surface area contributed by atoms with Gasteiger partial charge in [-0.15, -0.1) is 6.58 Å². The van der Waals surface area contributed by atoms with Crippen molar-refractivity contribution in [2.75, 3.05) is 13.1 Å². The summed E-state index contributed by atoms with van der Waals surface area (Å²) in [6.07, 6.45) is 10.1. The Morgan fingerprint density at radius 1 is 1.00 bits per heavy atom. The first-order valence-electron chi connectivity index (χ1n) is 8.23. The summed E-state index contributed by atoms with van der Waals surface area (Å²) in [5.41, 5.74) is 0.246. The van der Waals surface area contributed by atoms with Crippen LogP contribution in [0, 0.1) is 23.2 Å². The van der Waals surface area contributed by atoms with Gasteiger partial charge in [-0.25, -0.2) is 0 Å². The Bertz CT molecular complexity index is 409. The smallest absolute Gasteiger partial charge is 0.239 e. The monoisotopic (exact) mass is 290 g/mol. The number of amides is 2. The Hall–Kier alpha value is -1.32. The topological polar surface area (TPSA) is 58.2 Å². The Morgan fingerprint density at radius 2 is 1.57 bits per heavy atom. The minimum atomic E-state index is -0.145. The molecular formula is C17H26N2O2. The minimum Gasteiger partial charge on any atom is -0.351 e. The average Bonchev–Trinajstić information content (AvgIpc) is 2.40.